The molecule has 6 aliphatic rings. The minimum atomic E-state index is -0.569. The van der Waals surface area contributed by atoms with Crippen LogP contribution in [-0.4, -0.2) is 117 Å². The van der Waals surface area contributed by atoms with E-state index in [0.29, 0.717) is 63.9 Å². The predicted molar refractivity (Wildman–Crippen MR) is 182 cm³/mol. The van der Waals surface area contributed by atoms with Gasteiger partial charge >= 0.3 is 19.3 Å². The standard InChI is InChI=1S/C36H50BN5O7/c1-35(2,42-15-13-40(14-16-42)34(45)46-5)20-26(21-38)32(43)41-12-11-25(22-41)23-47-33(44)39-30(17-24-9-7-6-8-10-24)37-48-29-19-27-18-28(31(29)49-37)36(27,3)4/h6-10,20,25,27-31H,11-19,22-23H2,1-5H3,(H,39,44)/b26-20+/t25-,27-,28+,29+,30-,31?/m0/s1. The average molecular weight is 676 g/mol. The van der Waals surface area contributed by atoms with Crippen LogP contribution in [0.25, 0.3) is 0 Å². The van der Waals surface area contributed by atoms with E-state index >= 15 is 0 Å². The third kappa shape index (κ3) is 7.47. The van der Waals surface area contributed by atoms with Crippen LogP contribution in [0.15, 0.2) is 42.0 Å². The highest BCUT2D eigenvalue weighted by molar-refractivity contribution is 6.47. The van der Waals surface area contributed by atoms with E-state index in [2.05, 4.69) is 30.1 Å². The number of ether oxygens (including phenoxy) is 2. The molecule has 3 aliphatic heterocycles. The molecule has 12 nitrogen and oxygen atoms in total. The number of nitrogens with zero attached hydrogens (tertiary/aromatic N) is 4. The summed E-state index contributed by atoms with van der Waals surface area (Å²) in [6, 6.07) is 12.1. The highest BCUT2D eigenvalue weighted by Gasteiger charge is 2.62. The number of alkyl carbamates (subject to hydrolysis) is 1. The van der Waals surface area contributed by atoms with Gasteiger partial charge in [0, 0.05) is 50.7 Å². The number of benzene rings is 1. The molecule has 0 spiro atoms. The number of carbonyl (C=O) groups excluding carboxylic acids is 3. The quantitative estimate of drug-likeness (QED) is 0.237. The zero-order valence-electron chi connectivity index (χ0n) is 29.4. The molecule has 6 fully saturated rings. The number of rotatable bonds is 9. The van der Waals surface area contributed by atoms with Crippen molar-refractivity contribution in [1.82, 2.24) is 20.0 Å². The number of methoxy groups -OCH3 is 1. The first kappa shape index (κ1) is 35.2. The fourth-order valence-corrected chi connectivity index (χ4v) is 8.53. The molecular weight excluding hydrogens is 625 g/mol. The Hall–Kier alpha value is -3.60. The Balaban J connectivity index is 1.01. The molecule has 3 heterocycles. The second kappa shape index (κ2) is 14.3. The number of amides is 3. The number of nitriles is 1. The summed E-state index contributed by atoms with van der Waals surface area (Å²) < 4.78 is 23.5. The first-order valence-electron chi connectivity index (χ1n) is 17.7. The van der Waals surface area contributed by atoms with Crippen LogP contribution >= 0.6 is 0 Å². The van der Waals surface area contributed by atoms with Crippen molar-refractivity contribution in [1.29, 1.82) is 5.26 Å². The molecule has 3 amide bonds. The molecular formula is C36H50BN5O7. The zero-order chi connectivity index (χ0) is 34.9. The Morgan fingerprint density at radius 2 is 1.84 bits per heavy atom. The van der Waals surface area contributed by atoms with Crippen molar-refractivity contribution in [3.63, 3.8) is 0 Å². The molecule has 3 saturated carbocycles. The Morgan fingerprint density at radius 3 is 2.51 bits per heavy atom. The summed E-state index contributed by atoms with van der Waals surface area (Å²) in [5.74, 6) is 0.322. The molecule has 13 heteroatoms. The average Bonchev–Trinajstić information content (AvgIpc) is 3.77. The lowest BCUT2D eigenvalue weighted by Crippen LogP contribution is -2.59. The van der Waals surface area contributed by atoms with E-state index in [1.54, 1.807) is 15.9 Å². The van der Waals surface area contributed by atoms with Gasteiger partial charge in [0.05, 0.1) is 31.9 Å². The van der Waals surface area contributed by atoms with Crippen LogP contribution < -0.4 is 5.32 Å². The molecule has 1 aromatic carbocycles. The van der Waals surface area contributed by atoms with Gasteiger partial charge in [-0.15, -0.1) is 0 Å². The van der Waals surface area contributed by atoms with Gasteiger partial charge in [0.1, 0.15) is 11.6 Å². The lowest BCUT2D eigenvalue weighted by molar-refractivity contribution is -0.150. The minimum Gasteiger partial charge on any atom is -0.453 e. The molecule has 49 heavy (non-hydrogen) atoms. The molecule has 0 radical (unpaired) electrons. The van der Waals surface area contributed by atoms with Gasteiger partial charge in [-0.25, -0.2) is 9.59 Å². The maximum atomic E-state index is 13.4. The number of likely N-dealkylation sites (tertiary alicyclic amines) is 1. The zero-order valence-corrected chi connectivity index (χ0v) is 29.4. The van der Waals surface area contributed by atoms with Gasteiger partial charge in [-0.3, -0.25) is 9.69 Å². The van der Waals surface area contributed by atoms with Crippen molar-refractivity contribution in [3.8, 4) is 6.07 Å². The molecule has 3 saturated heterocycles. The first-order valence-corrected chi connectivity index (χ1v) is 17.7. The second-order valence-corrected chi connectivity index (χ2v) is 15.5. The van der Waals surface area contributed by atoms with Crippen LogP contribution in [0.5, 0.6) is 0 Å². The minimum absolute atomic E-state index is 0.0396. The highest BCUT2D eigenvalue weighted by Crippen LogP contribution is 2.61. The third-order valence-electron chi connectivity index (χ3n) is 11.8. The van der Waals surface area contributed by atoms with Crippen molar-refractivity contribution < 1.29 is 33.2 Å². The van der Waals surface area contributed by atoms with Gasteiger partial charge in [0.25, 0.3) is 5.91 Å². The maximum Gasteiger partial charge on any atom is 0.481 e. The SMILES string of the molecule is COC(=O)N1CCN(C(C)(C)/C=C(\C#N)C(=O)N2CC[C@H](COC(=O)N[C@@H](Cc3ccccc3)B3OC4[C@H]5C[C@@H](C[C@H]4O3)C5(C)C)C2)CC1. The smallest absolute Gasteiger partial charge is 0.453 e. The molecule has 7 rings (SSSR count). The van der Waals surface area contributed by atoms with Crippen molar-refractivity contribution in [2.45, 2.75) is 77.1 Å². The van der Waals surface area contributed by atoms with Crippen LogP contribution in [0.2, 0.25) is 0 Å². The topological polar surface area (TPSA) is 134 Å². The monoisotopic (exact) mass is 675 g/mol. The fourth-order valence-electron chi connectivity index (χ4n) is 8.53. The molecule has 1 unspecified atom stereocenters. The van der Waals surface area contributed by atoms with Gasteiger partial charge in [-0.1, -0.05) is 44.2 Å². The van der Waals surface area contributed by atoms with Crippen molar-refractivity contribution >= 4 is 25.2 Å². The fraction of sp³-hybridized carbons (Fsp3) is 0.667. The normalized spacial score (nSPS) is 28.6. The van der Waals surface area contributed by atoms with Crippen LogP contribution in [0.3, 0.4) is 0 Å². The summed E-state index contributed by atoms with van der Waals surface area (Å²) in [6.07, 6.45) is 4.29. The van der Waals surface area contributed by atoms with Crippen molar-refractivity contribution in [2.75, 3.05) is 53.0 Å². The molecule has 0 aromatic heterocycles. The third-order valence-corrected chi connectivity index (χ3v) is 11.8. The Kier molecular flexibility index (Phi) is 10.3. The number of carbonyl (C=O) groups is 3. The molecule has 264 valence electrons. The summed E-state index contributed by atoms with van der Waals surface area (Å²) in [5, 5.41) is 13.0. The van der Waals surface area contributed by atoms with Crippen molar-refractivity contribution in [3.05, 3.63) is 47.5 Å². The molecule has 6 atom stereocenters. The van der Waals surface area contributed by atoms with Gasteiger partial charge in [-0.05, 0) is 68.4 Å². The molecule has 3 aliphatic carbocycles. The predicted octanol–water partition coefficient (Wildman–Crippen LogP) is 3.66. The number of piperazine rings is 1. The summed E-state index contributed by atoms with van der Waals surface area (Å²) in [7, 11) is 0.807. The Morgan fingerprint density at radius 1 is 1.10 bits per heavy atom. The van der Waals surface area contributed by atoms with Crippen molar-refractivity contribution in [2.24, 2.45) is 23.2 Å². The van der Waals surface area contributed by atoms with E-state index in [4.69, 9.17) is 18.8 Å². The molecule has 1 N–H and O–H groups in total. The Bertz CT molecular complexity index is 1460. The van der Waals surface area contributed by atoms with E-state index in [1.807, 2.05) is 44.2 Å². The highest BCUT2D eigenvalue weighted by atomic mass is 16.7. The summed E-state index contributed by atoms with van der Waals surface area (Å²) in [6.45, 7) is 11.8. The van der Waals surface area contributed by atoms with E-state index in [9.17, 15) is 19.6 Å². The summed E-state index contributed by atoms with van der Waals surface area (Å²) >= 11 is 0. The first-order chi connectivity index (χ1) is 23.4. The lowest BCUT2D eigenvalue weighted by atomic mass is 9.47. The van der Waals surface area contributed by atoms with Crippen LogP contribution in [0.4, 0.5) is 9.59 Å². The largest absolute Gasteiger partial charge is 0.481 e. The lowest BCUT2D eigenvalue weighted by Gasteiger charge is -2.60. The van der Waals surface area contributed by atoms with Crippen LogP contribution in [0.1, 0.15) is 52.5 Å². The second-order valence-electron chi connectivity index (χ2n) is 15.5. The Labute approximate surface area is 290 Å². The summed E-state index contributed by atoms with van der Waals surface area (Å²) in [4.78, 5) is 44.0. The summed E-state index contributed by atoms with van der Waals surface area (Å²) in [5.41, 5.74) is 0.833. The molecule has 2 bridgehead atoms. The van der Waals surface area contributed by atoms with Gasteiger partial charge in [0.15, 0.2) is 0 Å². The molecule has 1 aromatic rings. The van der Waals surface area contributed by atoms with E-state index in [0.717, 1.165) is 12.0 Å². The number of hydrogen-bond donors (Lipinski definition) is 1. The van der Waals surface area contributed by atoms with E-state index < -0.39 is 24.7 Å². The van der Waals surface area contributed by atoms with Gasteiger partial charge in [-0.2, -0.15) is 5.26 Å². The maximum absolute atomic E-state index is 13.4. The van der Waals surface area contributed by atoms with E-state index in [-0.39, 0.29) is 47.7 Å². The number of nitrogens with one attached hydrogen (secondary N) is 1. The van der Waals surface area contributed by atoms with E-state index in [1.165, 1.54) is 13.5 Å². The van der Waals surface area contributed by atoms with Crippen LogP contribution in [-0.2, 0) is 30.0 Å². The van der Waals surface area contributed by atoms with Crippen LogP contribution in [0, 0.1) is 34.5 Å². The van der Waals surface area contributed by atoms with Gasteiger partial charge < -0.3 is 33.9 Å². The van der Waals surface area contributed by atoms with Gasteiger partial charge in [0.2, 0.25) is 0 Å². The number of hydrogen-bond acceptors (Lipinski definition) is 9.